The van der Waals surface area contributed by atoms with Gasteiger partial charge in [0.1, 0.15) is 12.2 Å². The second-order valence-electron chi connectivity index (χ2n) is 5.30. The Morgan fingerprint density at radius 2 is 1.91 bits per heavy atom. The number of pyridine rings is 1. The number of benzene rings is 1. The maximum Gasteiger partial charge on any atom is 0.280 e. The van der Waals surface area contributed by atoms with Crippen LogP contribution in [0.15, 0.2) is 42.6 Å². The zero-order valence-corrected chi connectivity index (χ0v) is 12.6. The summed E-state index contributed by atoms with van der Waals surface area (Å²) in [7, 11) is 0. The first-order valence-electron chi connectivity index (χ1n) is 7.20. The highest BCUT2D eigenvalue weighted by molar-refractivity contribution is 6.21. The molecule has 23 heavy (non-hydrogen) atoms. The molecule has 1 N–H and O–H groups in total. The lowest BCUT2D eigenvalue weighted by Gasteiger charge is -2.14. The highest BCUT2D eigenvalue weighted by Gasteiger charge is 2.37. The molecule has 2 aromatic rings. The Morgan fingerprint density at radius 1 is 1.13 bits per heavy atom. The fraction of sp³-hybridized carbons (Fsp3) is 0.176. The van der Waals surface area contributed by atoms with E-state index in [-0.39, 0.29) is 23.7 Å². The number of aromatic nitrogens is 1. The van der Waals surface area contributed by atoms with Gasteiger partial charge in [0.2, 0.25) is 5.91 Å². The van der Waals surface area contributed by atoms with Crippen molar-refractivity contribution in [3.8, 4) is 0 Å². The zero-order chi connectivity index (χ0) is 16.4. The molecule has 2 heterocycles. The summed E-state index contributed by atoms with van der Waals surface area (Å²) in [5, 5.41) is 2.73. The fourth-order valence-electron chi connectivity index (χ4n) is 2.46. The van der Waals surface area contributed by atoms with Gasteiger partial charge in [-0.1, -0.05) is 24.3 Å². The van der Waals surface area contributed by atoms with Crippen molar-refractivity contribution in [2.45, 2.75) is 13.5 Å². The van der Waals surface area contributed by atoms with Crippen LogP contribution >= 0.6 is 0 Å². The van der Waals surface area contributed by atoms with Crippen molar-refractivity contribution in [1.82, 2.24) is 15.2 Å². The third kappa shape index (κ3) is 2.83. The van der Waals surface area contributed by atoms with E-state index >= 15 is 0 Å². The van der Waals surface area contributed by atoms with E-state index in [9.17, 15) is 14.4 Å². The molecule has 1 aromatic carbocycles. The molecule has 6 nitrogen and oxygen atoms in total. The van der Waals surface area contributed by atoms with Crippen LogP contribution in [-0.2, 0) is 11.3 Å². The zero-order valence-electron chi connectivity index (χ0n) is 12.6. The van der Waals surface area contributed by atoms with Gasteiger partial charge in [-0.05, 0) is 30.2 Å². The highest BCUT2D eigenvalue weighted by Crippen LogP contribution is 2.19. The lowest BCUT2D eigenvalue weighted by molar-refractivity contribution is -0.121. The number of fused-ring (bicyclic) bond motifs is 1. The Kier molecular flexibility index (Phi) is 3.89. The van der Waals surface area contributed by atoms with Crippen LogP contribution in [-0.4, -0.2) is 34.2 Å². The summed E-state index contributed by atoms with van der Waals surface area (Å²) in [6, 6.07) is 10.8. The van der Waals surface area contributed by atoms with Crippen molar-refractivity contribution < 1.29 is 14.4 Å². The van der Waals surface area contributed by atoms with Gasteiger partial charge in [0.15, 0.2) is 0 Å². The topological polar surface area (TPSA) is 79.4 Å². The smallest absolute Gasteiger partial charge is 0.280 e. The average molecular weight is 309 g/mol. The van der Waals surface area contributed by atoms with Gasteiger partial charge in [-0.2, -0.15) is 0 Å². The number of aryl methyl sites for hydroxylation is 1. The summed E-state index contributed by atoms with van der Waals surface area (Å²) >= 11 is 0. The van der Waals surface area contributed by atoms with Crippen molar-refractivity contribution in [1.29, 1.82) is 0 Å². The van der Waals surface area contributed by atoms with Crippen LogP contribution in [0.25, 0.3) is 0 Å². The van der Waals surface area contributed by atoms with Crippen molar-refractivity contribution in [3.05, 3.63) is 65.0 Å². The Bertz CT molecular complexity index is 766. The molecule has 1 aliphatic rings. The van der Waals surface area contributed by atoms with E-state index in [4.69, 9.17) is 0 Å². The number of nitrogens with zero attached hydrogens (tertiary/aromatic N) is 2. The molecule has 0 spiro atoms. The number of carbonyl (C=O) groups excluding carboxylic acids is 3. The van der Waals surface area contributed by atoms with Crippen molar-refractivity contribution in [2.75, 3.05) is 6.54 Å². The molecule has 116 valence electrons. The number of nitrogens with one attached hydrogen (secondary N) is 1. The number of rotatable bonds is 4. The Labute approximate surface area is 133 Å². The molecular weight excluding hydrogens is 294 g/mol. The van der Waals surface area contributed by atoms with Crippen LogP contribution in [0, 0.1) is 6.92 Å². The molecule has 0 aliphatic carbocycles. The van der Waals surface area contributed by atoms with E-state index in [1.54, 1.807) is 6.07 Å². The van der Waals surface area contributed by atoms with E-state index in [1.807, 2.05) is 31.2 Å². The van der Waals surface area contributed by atoms with E-state index in [2.05, 4.69) is 10.3 Å². The molecular formula is C17H15N3O3. The van der Waals surface area contributed by atoms with Crippen LogP contribution in [0.5, 0.6) is 0 Å². The largest absolute Gasteiger partial charge is 0.350 e. The number of carbonyl (C=O) groups is 3. The predicted octanol–water partition coefficient (Wildman–Crippen LogP) is 1.30. The van der Waals surface area contributed by atoms with Crippen LogP contribution in [0.2, 0.25) is 0 Å². The van der Waals surface area contributed by atoms with E-state index in [0.29, 0.717) is 6.54 Å². The molecule has 3 amide bonds. The van der Waals surface area contributed by atoms with E-state index < -0.39 is 11.8 Å². The molecule has 1 aromatic heterocycles. The normalized spacial score (nSPS) is 13.2. The first-order valence-corrected chi connectivity index (χ1v) is 7.20. The maximum atomic E-state index is 12.2. The summed E-state index contributed by atoms with van der Waals surface area (Å²) in [5.41, 5.74) is 2.40. The summed E-state index contributed by atoms with van der Waals surface area (Å²) in [6.07, 6.45) is 1.45. The van der Waals surface area contributed by atoms with Crippen LogP contribution in [0.4, 0.5) is 0 Å². The molecule has 0 saturated carbocycles. The standard InChI is InChI=1S/C17H15N3O3/c1-11-5-2-3-6-12(11)9-19-14(21)10-20-16(22)13-7-4-8-18-15(13)17(20)23/h2-8H,9-10H2,1H3,(H,19,21). The molecule has 0 fully saturated rings. The minimum atomic E-state index is -0.531. The fourth-order valence-corrected chi connectivity index (χ4v) is 2.46. The number of hydrogen-bond acceptors (Lipinski definition) is 4. The van der Waals surface area contributed by atoms with Gasteiger partial charge in [-0.15, -0.1) is 0 Å². The molecule has 1 aliphatic heterocycles. The van der Waals surface area contributed by atoms with Crippen LogP contribution in [0.1, 0.15) is 32.0 Å². The minimum Gasteiger partial charge on any atom is -0.350 e. The number of hydrogen-bond donors (Lipinski definition) is 1. The molecule has 0 radical (unpaired) electrons. The van der Waals surface area contributed by atoms with Gasteiger partial charge in [0.25, 0.3) is 11.8 Å². The van der Waals surface area contributed by atoms with Gasteiger partial charge < -0.3 is 5.32 Å². The second kappa shape index (κ2) is 6.00. The number of amides is 3. The monoisotopic (exact) mass is 309 g/mol. The van der Waals surface area contributed by atoms with E-state index in [0.717, 1.165) is 16.0 Å². The van der Waals surface area contributed by atoms with Gasteiger partial charge in [0, 0.05) is 12.7 Å². The summed E-state index contributed by atoms with van der Waals surface area (Å²) in [5.74, 6) is -1.40. The molecule has 0 unspecified atom stereocenters. The molecule has 6 heteroatoms. The first kappa shape index (κ1) is 14.9. The van der Waals surface area contributed by atoms with Gasteiger partial charge >= 0.3 is 0 Å². The second-order valence-corrected chi connectivity index (χ2v) is 5.30. The predicted molar refractivity (Wildman–Crippen MR) is 82.6 cm³/mol. The quantitative estimate of drug-likeness (QED) is 0.863. The third-order valence-corrected chi connectivity index (χ3v) is 3.77. The van der Waals surface area contributed by atoms with Gasteiger partial charge in [-0.25, -0.2) is 0 Å². The van der Waals surface area contributed by atoms with Crippen LogP contribution in [0.3, 0.4) is 0 Å². The highest BCUT2D eigenvalue weighted by atomic mass is 16.2. The average Bonchev–Trinajstić information content (AvgIpc) is 2.80. The van der Waals surface area contributed by atoms with Crippen molar-refractivity contribution in [3.63, 3.8) is 0 Å². The van der Waals surface area contributed by atoms with Gasteiger partial charge in [-0.3, -0.25) is 24.3 Å². The Morgan fingerprint density at radius 3 is 2.65 bits per heavy atom. The van der Waals surface area contributed by atoms with Crippen molar-refractivity contribution >= 4 is 17.7 Å². The molecule has 0 atom stereocenters. The van der Waals surface area contributed by atoms with Crippen LogP contribution < -0.4 is 5.32 Å². The SMILES string of the molecule is Cc1ccccc1CNC(=O)CN1C(=O)c2cccnc2C1=O. The first-order chi connectivity index (χ1) is 11.1. The Balaban J connectivity index is 1.64. The Hall–Kier alpha value is -3.02. The van der Waals surface area contributed by atoms with Gasteiger partial charge in [0.05, 0.1) is 5.56 Å². The van der Waals surface area contributed by atoms with E-state index in [1.165, 1.54) is 12.3 Å². The maximum absolute atomic E-state index is 12.2. The lowest BCUT2D eigenvalue weighted by atomic mass is 10.1. The molecule has 0 saturated heterocycles. The summed E-state index contributed by atoms with van der Waals surface area (Å²) in [4.78, 5) is 41.2. The van der Waals surface area contributed by atoms with Crippen molar-refractivity contribution in [2.24, 2.45) is 0 Å². The summed E-state index contributed by atoms with van der Waals surface area (Å²) < 4.78 is 0. The minimum absolute atomic E-state index is 0.101. The number of imide groups is 1. The molecule has 0 bridgehead atoms. The lowest BCUT2D eigenvalue weighted by Crippen LogP contribution is -2.40. The summed E-state index contributed by atoms with van der Waals surface area (Å²) in [6.45, 7) is 2.00. The molecule has 3 rings (SSSR count). The third-order valence-electron chi connectivity index (χ3n) is 3.77.